The summed E-state index contributed by atoms with van der Waals surface area (Å²) in [6.07, 6.45) is -0.351. The number of carbonyl (C=O) groups excluding carboxylic acids is 2. The highest BCUT2D eigenvalue weighted by Crippen LogP contribution is 2.08. The molecule has 0 bridgehead atoms. The Balaban J connectivity index is 2.36. The number of aryl methyl sites for hydroxylation is 1. The highest BCUT2D eigenvalue weighted by atomic mass is 32.2. The Labute approximate surface area is 130 Å². The monoisotopic (exact) mass is 327 g/mol. The van der Waals surface area contributed by atoms with E-state index in [-0.39, 0.29) is 18.7 Å². The number of benzene rings is 1. The van der Waals surface area contributed by atoms with E-state index < -0.39 is 21.8 Å². The molecule has 0 unspecified atom stereocenters. The maximum Gasteiger partial charge on any atom is 0.233 e. The normalized spacial score (nSPS) is 11.3. The minimum Gasteiger partial charge on any atom is -0.355 e. The lowest BCUT2D eigenvalue weighted by Crippen LogP contribution is -2.35. The van der Waals surface area contributed by atoms with Gasteiger partial charge in [-0.2, -0.15) is 0 Å². The quantitative estimate of drug-likeness (QED) is 0.706. The molecule has 1 aromatic carbocycles. The lowest BCUT2D eigenvalue weighted by Gasteiger charge is -2.11. The summed E-state index contributed by atoms with van der Waals surface area (Å²) in [7, 11) is -0.511. The first-order valence-corrected chi connectivity index (χ1v) is 8.35. The number of amides is 2. The van der Waals surface area contributed by atoms with E-state index in [4.69, 9.17) is 0 Å². The van der Waals surface area contributed by atoms with Crippen LogP contribution in [-0.2, 0) is 19.6 Å². The van der Waals surface area contributed by atoms with Gasteiger partial charge in [-0.3, -0.25) is 9.59 Å². The van der Waals surface area contributed by atoms with Crippen LogP contribution in [0.15, 0.2) is 24.3 Å². The van der Waals surface area contributed by atoms with E-state index in [1.807, 2.05) is 19.1 Å². The Kier molecular flexibility index (Phi) is 6.51. The zero-order chi connectivity index (χ0) is 16.8. The lowest BCUT2D eigenvalue weighted by molar-refractivity contribution is -0.126. The lowest BCUT2D eigenvalue weighted by atomic mass is 10.2. The van der Waals surface area contributed by atoms with Crippen LogP contribution in [0.2, 0.25) is 0 Å². The van der Waals surface area contributed by atoms with E-state index in [2.05, 4.69) is 10.6 Å². The second-order valence-electron chi connectivity index (χ2n) is 5.04. The van der Waals surface area contributed by atoms with Crippen LogP contribution in [-0.4, -0.2) is 50.9 Å². The van der Waals surface area contributed by atoms with Crippen molar-refractivity contribution in [1.29, 1.82) is 0 Å². The Bertz CT molecular complexity index is 624. The number of nitrogens with zero attached hydrogens (tertiary/aromatic N) is 1. The third kappa shape index (κ3) is 6.23. The number of sulfonamides is 1. The molecule has 2 N–H and O–H groups in total. The topological polar surface area (TPSA) is 95.6 Å². The summed E-state index contributed by atoms with van der Waals surface area (Å²) in [5.74, 6) is -1.17. The molecule has 0 aromatic heterocycles. The molecule has 0 aliphatic carbocycles. The van der Waals surface area contributed by atoms with Gasteiger partial charge in [-0.05, 0) is 19.1 Å². The van der Waals surface area contributed by atoms with Crippen LogP contribution in [0.4, 0.5) is 5.69 Å². The Hall–Kier alpha value is -1.93. The molecule has 2 amide bonds. The predicted octanol–water partition coefficient (Wildman–Crippen LogP) is 0.331. The van der Waals surface area contributed by atoms with Crippen LogP contribution in [0, 0.1) is 6.92 Å². The van der Waals surface area contributed by atoms with Crippen molar-refractivity contribution in [3.63, 3.8) is 0 Å². The summed E-state index contributed by atoms with van der Waals surface area (Å²) in [4.78, 5) is 23.3. The molecule has 8 heteroatoms. The third-order valence-corrected chi connectivity index (χ3v) is 4.73. The van der Waals surface area contributed by atoms with Gasteiger partial charge in [0.25, 0.3) is 0 Å². The highest BCUT2D eigenvalue weighted by molar-refractivity contribution is 7.89. The van der Waals surface area contributed by atoms with E-state index >= 15 is 0 Å². The molecule has 0 heterocycles. The van der Waals surface area contributed by atoms with Gasteiger partial charge in [-0.15, -0.1) is 0 Å². The van der Waals surface area contributed by atoms with E-state index in [1.165, 1.54) is 14.1 Å². The average molecular weight is 327 g/mol. The molecule has 122 valence electrons. The predicted molar refractivity (Wildman–Crippen MR) is 84.9 cm³/mol. The zero-order valence-electron chi connectivity index (χ0n) is 12.9. The van der Waals surface area contributed by atoms with Crippen molar-refractivity contribution in [3.8, 4) is 0 Å². The number of rotatable bonds is 7. The molecule has 7 nitrogen and oxygen atoms in total. The number of hydrogen-bond donors (Lipinski definition) is 2. The Morgan fingerprint density at radius 3 is 2.23 bits per heavy atom. The molecule has 22 heavy (non-hydrogen) atoms. The first kappa shape index (κ1) is 18.1. The van der Waals surface area contributed by atoms with E-state index in [0.717, 1.165) is 9.87 Å². The summed E-state index contributed by atoms with van der Waals surface area (Å²) in [5.41, 5.74) is 1.68. The van der Waals surface area contributed by atoms with Gasteiger partial charge in [-0.25, -0.2) is 12.7 Å². The van der Waals surface area contributed by atoms with E-state index in [1.54, 1.807) is 12.1 Å². The Morgan fingerprint density at radius 1 is 1.09 bits per heavy atom. The van der Waals surface area contributed by atoms with Crippen LogP contribution in [0.5, 0.6) is 0 Å². The molecule has 1 aromatic rings. The molecule has 0 atom stereocenters. The van der Waals surface area contributed by atoms with Gasteiger partial charge in [0.2, 0.25) is 21.8 Å². The average Bonchev–Trinajstić information content (AvgIpc) is 2.40. The second-order valence-corrected chi connectivity index (χ2v) is 7.34. The van der Waals surface area contributed by atoms with Crippen molar-refractivity contribution in [1.82, 2.24) is 9.62 Å². The van der Waals surface area contributed by atoms with Crippen molar-refractivity contribution in [2.45, 2.75) is 13.3 Å². The number of anilines is 1. The maximum atomic E-state index is 11.7. The van der Waals surface area contributed by atoms with Crippen LogP contribution in [0.1, 0.15) is 12.0 Å². The van der Waals surface area contributed by atoms with Crippen LogP contribution in [0.25, 0.3) is 0 Å². The third-order valence-electron chi connectivity index (χ3n) is 2.89. The standard InChI is InChI=1S/C14H21N3O4S/c1-11-4-6-12(7-5-11)16-14(19)10-13(18)15-8-9-22(20,21)17(2)3/h4-7H,8-10H2,1-3H3,(H,15,18)(H,16,19). The smallest absolute Gasteiger partial charge is 0.233 e. The summed E-state index contributed by atoms with van der Waals surface area (Å²) in [5, 5.41) is 5.01. The first-order chi connectivity index (χ1) is 10.2. The van der Waals surface area contributed by atoms with Gasteiger partial charge in [0.1, 0.15) is 6.42 Å². The SMILES string of the molecule is Cc1ccc(NC(=O)CC(=O)NCCS(=O)(=O)N(C)C)cc1. The molecule has 0 radical (unpaired) electrons. The summed E-state index contributed by atoms with van der Waals surface area (Å²) in [6.45, 7) is 1.90. The molecule has 0 spiro atoms. The number of hydrogen-bond acceptors (Lipinski definition) is 4. The molecule has 0 saturated carbocycles. The highest BCUT2D eigenvalue weighted by Gasteiger charge is 2.14. The van der Waals surface area contributed by atoms with E-state index in [9.17, 15) is 18.0 Å². The van der Waals surface area contributed by atoms with Crippen LogP contribution >= 0.6 is 0 Å². The number of carbonyl (C=O) groups is 2. The maximum absolute atomic E-state index is 11.7. The molecular formula is C14H21N3O4S. The van der Waals surface area contributed by atoms with Gasteiger partial charge in [0.05, 0.1) is 5.75 Å². The van der Waals surface area contributed by atoms with Gasteiger partial charge in [0.15, 0.2) is 0 Å². The van der Waals surface area contributed by atoms with Crippen molar-refractivity contribution < 1.29 is 18.0 Å². The van der Waals surface area contributed by atoms with Gasteiger partial charge in [0, 0.05) is 26.3 Å². The molecule has 0 fully saturated rings. The van der Waals surface area contributed by atoms with Crippen LogP contribution < -0.4 is 10.6 Å². The molecule has 0 saturated heterocycles. The summed E-state index contributed by atoms with van der Waals surface area (Å²) >= 11 is 0. The minimum atomic E-state index is -3.36. The second kappa shape index (κ2) is 7.90. The molecule has 1 rings (SSSR count). The largest absolute Gasteiger partial charge is 0.355 e. The summed E-state index contributed by atoms with van der Waals surface area (Å²) in [6, 6.07) is 7.19. The summed E-state index contributed by atoms with van der Waals surface area (Å²) < 4.78 is 24.1. The van der Waals surface area contributed by atoms with Crippen molar-refractivity contribution in [3.05, 3.63) is 29.8 Å². The zero-order valence-corrected chi connectivity index (χ0v) is 13.7. The van der Waals surface area contributed by atoms with Gasteiger partial charge in [-0.1, -0.05) is 17.7 Å². The molecular weight excluding hydrogens is 306 g/mol. The van der Waals surface area contributed by atoms with Crippen molar-refractivity contribution in [2.24, 2.45) is 0 Å². The fraction of sp³-hybridized carbons (Fsp3) is 0.429. The molecule has 0 aliphatic rings. The van der Waals surface area contributed by atoms with Gasteiger partial charge < -0.3 is 10.6 Å². The van der Waals surface area contributed by atoms with Gasteiger partial charge >= 0.3 is 0 Å². The molecule has 0 aliphatic heterocycles. The van der Waals surface area contributed by atoms with Crippen molar-refractivity contribution in [2.75, 3.05) is 31.7 Å². The minimum absolute atomic E-state index is 0.0306. The fourth-order valence-electron chi connectivity index (χ4n) is 1.55. The fourth-order valence-corrected chi connectivity index (χ4v) is 2.28. The van der Waals surface area contributed by atoms with E-state index in [0.29, 0.717) is 5.69 Å². The Morgan fingerprint density at radius 2 is 1.68 bits per heavy atom. The van der Waals surface area contributed by atoms with Crippen LogP contribution in [0.3, 0.4) is 0 Å². The van der Waals surface area contributed by atoms with Crippen molar-refractivity contribution >= 4 is 27.5 Å². The number of nitrogens with one attached hydrogen (secondary N) is 2. The first-order valence-electron chi connectivity index (χ1n) is 6.74.